The van der Waals surface area contributed by atoms with Crippen LogP contribution in [0.25, 0.3) is 0 Å². The summed E-state index contributed by atoms with van der Waals surface area (Å²) in [5.74, 6) is -9.62. The summed E-state index contributed by atoms with van der Waals surface area (Å²) in [6, 6.07) is -10.2. The molecule has 4 unspecified atom stereocenters. The van der Waals surface area contributed by atoms with Gasteiger partial charge in [-0.3, -0.25) is 38.4 Å². The SMILES string of the molecule is CC(=O)N[C@H]1[C@H](OC2C(O)[C@@H](NC(C)=O)[C@H](O[C@H](C)C(=O)N[C@@H](C)C(=O)N[C@H](CCC(=O)O)C(=O)NC(CCCC(N)C(=O)N[C@H](C)C(=O)O)C(=O)O)O[C@@H]2CO)O[C@H](CO)[C@@H](O)[C@@H]1O. The minimum Gasteiger partial charge on any atom is -0.481 e. The third-order valence-corrected chi connectivity index (χ3v) is 10.2. The van der Waals surface area contributed by atoms with E-state index in [2.05, 4.69) is 31.9 Å². The van der Waals surface area contributed by atoms with Gasteiger partial charge in [0.2, 0.25) is 35.4 Å². The fraction of sp³-hybridized carbons (Fsp3) is 0.757. The summed E-state index contributed by atoms with van der Waals surface area (Å²) in [7, 11) is 0. The molecule has 0 aromatic heterocycles. The maximum atomic E-state index is 13.3. The molecule has 6 amide bonds. The first-order chi connectivity index (χ1) is 30.3. The minimum absolute atomic E-state index is 0.0490. The number of carbonyl (C=O) groups is 9. The van der Waals surface area contributed by atoms with Gasteiger partial charge in [0.1, 0.15) is 79.0 Å². The third-order valence-electron chi connectivity index (χ3n) is 10.2. The second kappa shape index (κ2) is 26.1. The Hall–Kier alpha value is -5.17. The summed E-state index contributed by atoms with van der Waals surface area (Å²) in [5, 5.41) is 94.0. The van der Waals surface area contributed by atoms with Gasteiger partial charge in [-0.05, 0) is 46.5 Å². The van der Waals surface area contributed by atoms with E-state index < -0.39 is 177 Å². The molecule has 2 aliphatic heterocycles. The second-order valence-corrected chi connectivity index (χ2v) is 15.5. The maximum Gasteiger partial charge on any atom is 0.326 e. The van der Waals surface area contributed by atoms with Gasteiger partial charge >= 0.3 is 17.9 Å². The van der Waals surface area contributed by atoms with E-state index in [1.54, 1.807) is 0 Å². The van der Waals surface area contributed by atoms with Crippen LogP contribution in [-0.4, -0.2) is 205 Å². The van der Waals surface area contributed by atoms with E-state index in [1.807, 2.05) is 0 Å². The van der Waals surface area contributed by atoms with Crippen LogP contribution in [0.5, 0.6) is 0 Å². The zero-order valence-electron chi connectivity index (χ0n) is 36.1. The van der Waals surface area contributed by atoms with Gasteiger partial charge in [-0.1, -0.05) is 0 Å². The third kappa shape index (κ3) is 17.0. The van der Waals surface area contributed by atoms with Crippen molar-refractivity contribution in [3.8, 4) is 0 Å². The molecule has 16 N–H and O–H groups in total. The number of aliphatic carboxylic acids is 3. The van der Waals surface area contributed by atoms with Crippen molar-refractivity contribution in [1.29, 1.82) is 0 Å². The Morgan fingerprint density at radius 2 is 1.15 bits per heavy atom. The number of carboxylic acids is 3. The number of carbonyl (C=O) groups excluding carboxylic acids is 6. The molecule has 0 spiro atoms. The molecule has 370 valence electrons. The van der Waals surface area contributed by atoms with E-state index in [0.717, 1.165) is 13.8 Å². The van der Waals surface area contributed by atoms with Gasteiger partial charge in [0.05, 0.1) is 19.3 Å². The molecule has 28 heteroatoms. The lowest BCUT2D eigenvalue weighted by Gasteiger charge is -2.48. The van der Waals surface area contributed by atoms with Crippen LogP contribution in [0.2, 0.25) is 0 Å². The predicted octanol–water partition coefficient (Wildman–Crippen LogP) is -7.19. The Labute approximate surface area is 371 Å². The lowest BCUT2D eigenvalue weighted by atomic mass is 9.94. The van der Waals surface area contributed by atoms with Crippen molar-refractivity contribution in [2.24, 2.45) is 5.73 Å². The van der Waals surface area contributed by atoms with E-state index in [1.165, 1.54) is 20.8 Å². The van der Waals surface area contributed by atoms with Crippen molar-refractivity contribution >= 4 is 53.4 Å². The molecule has 16 atom stereocenters. The number of nitrogens with two attached hydrogens (primary N) is 1. The highest BCUT2D eigenvalue weighted by Gasteiger charge is 2.52. The zero-order chi connectivity index (χ0) is 49.5. The van der Waals surface area contributed by atoms with Gasteiger partial charge in [-0.25, -0.2) is 4.79 Å². The lowest BCUT2D eigenvalue weighted by Crippen LogP contribution is -2.69. The van der Waals surface area contributed by atoms with Crippen LogP contribution < -0.4 is 37.6 Å². The summed E-state index contributed by atoms with van der Waals surface area (Å²) < 4.78 is 22.9. The fourth-order valence-electron chi connectivity index (χ4n) is 6.56. The first kappa shape index (κ1) is 56.0. The average molecular weight is 940 g/mol. The smallest absolute Gasteiger partial charge is 0.326 e. The number of carboxylic acid groups (broad SMARTS) is 3. The molecule has 2 rings (SSSR count). The van der Waals surface area contributed by atoms with Gasteiger partial charge < -0.3 is 97.4 Å². The summed E-state index contributed by atoms with van der Waals surface area (Å²) in [5.41, 5.74) is 5.77. The van der Waals surface area contributed by atoms with Crippen molar-refractivity contribution in [2.45, 2.75) is 164 Å². The monoisotopic (exact) mass is 939 g/mol. The molecule has 0 saturated carbocycles. The Kier molecular flexibility index (Phi) is 22.5. The molecule has 2 fully saturated rings. The quantitative estimate of drug-likeness (QED) is 0.0404. The van der Waals surface area contributed by atoms with Crippen LogP contribution in [0.3, 0.4) is 0 Å². The van der Waals surface area contributed by atoms with E-state index in [0.29, 0.717) is 0 Å². The maximum absolute atomic E-state index is 13.3. The second-order valence-electron chi connectivity index (χ2n) is 15.5. The van der Waals surface area contributed by atoms with Gasteiger partial charge in [0, 0.05) is 20.3 Å². The molecule has 0 aromatic rings. The van der Waals surface area contributed by atoms with Crippen LogP contribution >= 0.6 is 0 Å². The first-order valence-corrected chi connectivity index (χ1v) is 20.4. The van der Waals surface area contributed by atoms with E-state index in [4.69, 9.17) is 29.8 Å². The van der Waals surface area contributed by atoms with E-state index in [-0.39, 0.29) is 19.3 Å². The number of amides is 6. The predicted molar refractivity (Wildman–Crippen MR) is 213 cm³/mol. The molecule has 2 heterocycles. The van der Waals surface area contributed by atoms with Crippen molar-refractivity contribution in [1.82, 2.24) is 31.9 Å². The zero-order valence-corrected chi connectivity index (χ0v) is 36.1. The Morgan fingerprint density at radius 1 is 0.615 bits per heavy atom. The summed E-state index contributed by atoms with van der Waals surface area (Å²) in [6.07, 6.45) is -16.5. The van der Waals surface area contributed by atoms with Crippen molar-refractivity contribution in [3.05, 3.63) is 0 Å². The van der Waals surface area contributed by atoms with E-state index in [9.17, 15) is 78.9 Å². The molecule has 0 radical (unpaired) electrons. The largest absolute Gasteiger partial charge is 0.481 e. The average Bonchev–Trinajstić information content (AvgIpc) is 3.22. The van der Waals surface area contributed by atoms with Crippen LogP contribution in [0.15, 0.2) is 0 Å². The van der Waals surface area contributed by atoms with Crippen LogP contribution in [0.1, 0.15) is 66.7 Å². The Bertz CT molecular complexity index is 1690. The fourth-order valence-corrected chi connectivity index (χ4v) is 6.56. The number of aliphatic hydroxyl groups is 5. The molecular formula is C37H61N7O21. The van der Waals surface area contributed by atoms with Crippen molar-refractivity contribution in [3.63, 3.8) is 0 Å². The Morgan fingerprint density at radius 3 is 1.68 bits per heavy atom. The highest BCUT2D eigenvalue weighted by atomic mass is 16.7. The van der Waals surface area contributed by atoms with Crippen LogP contribution in [0.4, 0.5) is 0 Å². The van der Waals surface area contributed by atoms with Gasteiger partial charge in [-0.2, -0.15) is 0 Å². The molecule has 0 aromatic carbocycles. The number of hydrogen-bond donors (Lipinski definition) is 15. The number of rotatable bonds is 25. The number of ether oxygens (including phenoxy) is 4. The minimum atomic E-state index is -1.85. The first-order valence-electron chi connectivity index (χ1n) is 20.4. The highest BCUT2D eigenvalue weighted by Crippen LogP contribution is 2.30. The van der Waals surface area contributed by atoms with Crippen LogP contribution in [-0.2, 0) is 62.1 Å². The summed E-state index contributed by atoms with van der Waals surface area (Å²) in [6.45, 7) is 4.01. The summed E-state index contributed by atoms with van der Waals surface area (Å²) in [4.78, 5) is 110. The van der Waals surface area contributed by atoms with Crippen LogP contribution in [0, 0.1) is 0 Å². The molecule has 28 nitrogen and oxygen atoms in total. The number of aliphatic hydroxyl groups excluding tert-OH is 5. The molecular weight excluding hydrogens is 878 g/mol. The van der Waals surface area contributed by atoms with Gasteiger partial charge in [0.25, 0.3) is 0 Å². The highest BCUT2D eigenvalue weighted by molar-refractivity contribution is 5.94. The van der Waals surface area contributed by atoms with Crippen molar-refractivity contribution in [2.75, 3.05) is 13.2 Å². The molecule has 0 bridgehead atoms. The normalized spacial score (nSPS) is 28.1. The number of nitrogens with one attached hydrogen (secondary N) is 6. The molecule has 65 heavy (non-hydrogen) atoms. The van der Waals surface area contributed by atoms with Gasteiger partial charge in [-0.15, -0.1) is 0 Å². The lowest BCUT2D eigenvalue weighted by molar-refractivity contribution is -0.334. The summed E-state index contributed by atoms with van der Waals surface area (Å²) >= 11 is 0. The molecule has 0 aliphatic carbocycles. The number of hydrogen-bond acceptors (Lipinski definition) is 19. The molecule has 2 saturated heterocycles. The van der Waals surface area contributed by atoms with Gasteiger partial charge in [0.15, 0.2) is 12.6 Å². The Balaban J connectivity index is 2.15. The van der Waals surface area contributed by atoms with E-state index >= 15 is 0 Å². The van der Waals surface area contributed by atoms with Crippen molar-refractivity contribution < 1.29 is 103 Å². The topological polar surface area (TPSA) is 451 Å². The standard InChI is InChI=1S/C37H61N7O21/c1-13(30(54)43-19(9-10-23(49)50)33(57)44-20(35(60)61)8-6-7-18(38)32(56)40-14(2)34(58)59)39-31(55)15(3)62-36-25(42-17(5)48)28(53)29(22(12-46)64-36)65-37-24(41-16(4)47)27(52)26(51)21(11-45)63-37/h13-15,18-22,24-29,36-37,45-46,51-53H,6-12,38H2,1-5H3,(H,39,55)(H,40,56)(H,41,47)(H,42,48)(H,43,54)(H,44,57)(H,49,50)(H,58,59)(H,60,61)/t13-,14+,15+,18?,19+,20?,21+,22+,24+,25+,26+,27+,28?,29?,36+,37-/m0/s1. The molecule has 2 aliphatic rings.